The molecular weight excluding hydrogens is 420 g/mol. The lowest BCUT2D eigenvalue weighted by atomic mass is 10.0. The van der Waals surface area contributed by atoms with Crippen LogP contribution in [0.15, 0.2) is 90.3 Å². The van der Waals surface area contributed by atoms with Crippen molar-refractivity contribution in [3.8, 4) is 0 Å². The van der Waals surface area contributed by atoms with E-state index in [1.54, 1.807) is 54.6 Å². The van der Waals surface area contributed by atoms with E-state index in [-0.39, 0.29) is 17.3 Å². The number of para-hydroxylation sites is 1. The van der Waals surface area contributed by atoms with Gasteiger partial charge >= 0.3 is 0 Å². The largest absolute Gasteiger partial charge is 0.321 e. The van der Waals surface area contributed by atoms with E-state index in [1.807, 2.05) is 18.2 Å². The van der Waals surface area contributed by atoms with Gasteiger partial charge < -0.3 is 5.32 Å². The van der Waals surface area contributed by atoms with Crippen molar-refractivity contribution in [2.75, 3.05) is 16.2 Å². The molecule has 3 aromatic carbocycles. The van der Waals surface area contributed by atoms with Gasteiger partial charge in [-0.2, -0.15) is 0 Å². The Morgan fingerprint density at radius 2 is 1.50 bits per heavy atom. The van der Waals surface area contributed by atoms with Gasteiger partial charge in [0.05, 0.1) is 17.1 Å². The molecule has 3 aromatic rings. The van der Waals surface area contributed by atoms with E-state index in [0.29, 0.717) is 11.3 Å². The molecule has 1 amide bonds. The maximum Gasteiger partial charge on any atom is 0.264 e. The van der Waals surface area contributed by atoms with Crippen LogP contribution >= 0.6 is 0 Å². The molecule has 0 atom stereocenters. The Morgan fingerprint density at radius 3 is 2.03 bits per heavy atom. The van der Waals surface area contributed by atoms with E-state index < -0.39 is 10.0 Å². The summed E-state index contributed by atoms with van der Waals surface area (Å²) in [7, 11) is -3.75. The number of carbonyl (C=O) groups is 1. The number of benzene rings is 3. The molecule has 0 fully saturated rings. The second-order valence-corrected chi connectivity index (χ2v) is 9.16. The molecule has 3 rings (SSSR count). The first-order valence-corrected chi connectivity index (χ1v) is 12.1. The van der Waals surface area contributed by atoms with E-state index in [0.717, 1.165) is 29.7 Å². The van der Waals surface area contributed by atoms with Crippen molar-refractivity contribution in [3.63, 3.8) is 0 Å². The Labute approximate surface area is 190 Å². The zero-order valence-electron chi connectivity index (χ0n) is 18.4. The van der Waals surface area contributed by atoms with Crippen LogP contribution in [0, 0.1) is 0 Å². The van der Waals surface area contributed by atoms with Crippen LogP contribution < -0.4 is 9.62 Å². The third-order valence-electron chi connectivity index (χ3n) is 5.28. The first kappa shape index (κ1) is 23.3. The molecule has 0 aliphatic heterocycles. The Bertz CT molecular complexity index is 1170. The summed E-state index contributed by atoms with van der Waals surface area (Å²) < 4.78 is 27.5. The Kier molecular flexibility index (Phi) is 7.49. The molecule has 0 radical (unpaired) electrons. The maximum absolute atomic E-state index is 13.1. The van der Waals surface area contributed by atoms with Gasteiger partial charge in [-0.3, -0.25) is 9.10 Å². The second-order valence-electron chi connectivity index (χ2n) is 7.30. The SMILES string of the molecule is C=CCN(c1ccc(C(=O)Nc2c(CC)cccc2CC)cc1)S(=O)(=O)c1ccccc1. The van der Waals surface area contributed by atoms with Crippen molar-refractivity contribution in [3.05, 3.63) is 102 Å². The molecular formula is C26H28N2O3S. The fraction of sp³-hybridized carbons (Fsp3) is 0.192. The first-order chi connectivity index (χ1) is 15.4. The average molecular weight is 449 g/mol. The second kappa shape index (κ2) is 10.3. The molecule has 166 valence electrons. The average Bonchev–Trinajstić information content (AvgIpc) is 2.83. The van der Waals surface area contributed by atoms with E-state index in [1.165, 1.54) is 10.4 Å². The summed E-state index contributed by atoms with van der Waals surface area (Å²) in [4.78, 5) is 13.1. The van der Waals surface area contributed by atoms with E-state index >= 15 is 0 Å². The Hall–Kier alpha value is -3.38. The highest BCUT2D eigenvalue weighted by molar-refractivity contribution is 7.92. The Morgan fingerprint density at radius 1 is 0.906 bits per heavy atom. The number of nitrogens with one attached hydrogen (secondary N) is 1. The number of amides is 1. The van der Waals surface area contributed by atoms with Gasteiger partial charge in [0.1, 0.15) is 0 Å². The van der Waals surface area contributed by atoms with Crippen LogP contribution in [0.3, 0.4) is 0 Å². The summed E-state index contributed by atoms with van der Waals surface area (Å²) in [6, 6.07) is 20.9. The molecule has 0 aliphatic rings. The number of nitrogens with zero attached hydrogens (tertiary/aromatic N) is 1. The topological polar surface area (TPSA) is 66.5 Å². The third-order valence-corrected chi connectivity index (χ3v) is 7.09. The van der Waals surface area contributed by atoms with Gasteiger partial charge in [0.2, 0.25) is 0 Å². The highest BCUT2D eigenvalue weighted by Crippen LogP contribution is 2.26. The van der Waals surface area contributed by atoms with Crippen molar-refractivity contribution in [2.24, 2.45) is 0 Å². The molecule has 5 nitrogen and oxygen atoms in total. The fourth-order valence-corrected chi connectivity index (χ4v) is 5.00. The number of sulfonamides is 1. The minimum atomic E-state index is -3.75. The van der Waals surface area contributed by atoms with Crippen molar-refractivity contribution >= 4 is 27.3 Å². The monoisotopic (exact) mass is 448 g/mol. The van der Waals surface area contributed by atoms with Crippen molar-refractivity contribution in [1.29, 1.82) is 0 Å². The third kappa shape index (κ3) is 4.92. The summed E-state index contributed by atoms with van der Waals surface area (Å²) in [6.07, 6.45) is 3.17. The molecule has 32 heavy (non-hydrogen) atoms. The van der Waals surface area contributed by atoms with Gasteiger partial charge in [-0.1, -0.05) is 56.3 Å². The summed E-state index contributed by atoms with van der Waals surface area (Å²) >= 11 is 0. The molecule has 6 heteroatoms. The Balaban J connectivity index is 1.88. The summed E-state index contributed by atoms with van der Waals surface area (Å²) in [5.41, 5.74) is 3.94. The van der Waals surface area contributed by atoms with Gasteiger partial charge in [0.15, 0.2) is 0 Å². The van der Waals surface area contributed by atoms with E-state index in [2.05, 4.69) is 25.7 Å². The van der Waals surface area contributed by atoms with Gasteiger partial charge in [0, 0.05) is 11.3 Å². The van der Waals surface area contributed by atoms with Crippen LogP contribution in [0.2, 0.25) is 0 Å². The molecule has 0 aliphatic carbocycles. The lowest BCUT2D eigenvalue weighted by molar-refractivity contribution is 0.102. The predicted octanol–water partition coefficient (Wildman–Crippen LogP) is 5.45. The van der Waals surface area contributed by atoms with Crippen molar-refractivity contribution < 1.29 is 13.2 Å². The number of hydrogen-bond donors (Lipinski definition) is 1. The number of hydrogen-bond acceptors (Lipinski definition) is 3. The smallest absolute Gasteiger partial charge is 0.264 e. The minimum absolute atomic E-state index is 0.118. The molecule has 0 saturated heterocycles. The van der Waals surface area contributed by atoms with Gasteiger partial charge in [-0.05, 0) is 60.4 Å². The molecule has 0 bridgehead atoms. The highest BCUT2D eigenvalue weighted by atomic mass is 32.2. The summed E-state index contributed by atoms with van der Waals surface area (Å²) in [6.45, 7) is 7.92. The minimum Gasteiger partial charge on any atom is -0.321 e. The standard InChI is InChI=1S/C26H28N2O3S/c1-4-19-28(32(30,31)24-13-8-7-9-14-24)23-17-15-22(16-18-23)26(29)27-25-20(5-2)11-10-12-21(25)6-3/h4,7-18H,1,5-6,19H2,2-3H3,(H,27,29). The zero-order chi connectivity index (χ0) is 23.1. The summed E-state index contributed by atoms with van der Waals surface area (Å²) in [5.74, 6) is -0.228. The van der Waals surface area contributed by atoms with Crippen LogP contribution in [-0.2, 0) is 22.9 Å². The number of anilines is 2. The number of rotatable bonds is 9. The molecule has 0 heterocycles. The molecule has 1 N–H and O–H groups in total. The first-order valence-electron chi connectivity index (χ1n) is 10.6. The molecule has 0 saturated carbocycles. The number of carbonyl (C=O) groups excluding carboxylic acids is 1. The predicted molar refractivity (Wildman–Crippen MR) is 131 cm³/mol. The fourth-order valence-electron chi connectivity index (χ4n) is 3.55. The van der Waals surface area contributed by atoms with E-state index in [9.17, 15) is 13.2 Å². The zero-order valence-corrected chi connectivity index (χ0v) is 19.2. The molecule has 0 aromatic heterocycles. The number of aryl methyl sites for hydroxylation is 2. The van der Waals surface area contributed by atoms with Gasteiger partial charge in [-0.25, -0.2) is 8.42 Å². The van der Waals surface area contributed by atoms with Gasteiger partial charge in [0.25, 0.3) is 15.9 Å². The molecule has 0 spiro atoms. The quantitative estimate of drug-likeness (QED) is 0.443. The molecule has 0 unspecified atom stereocenters. The lowest BCUT2D eigenvalue weighted by Gasteiger charge is -2.23. The van der Waals surface area contributed by atoms with Crippen LogP contribution in [-0.4, -0.2) is 20.9 Å². The van der Waals surface area contributed by atoms with Crippen LogP contribution in [0.5, 0.6) is 0 Å². The maximum atomic E-state index is 13.1. The van der Waals surface area contributed by atoms with Crippen LogP contribution in [0.25, 0.3) is 0 Å². The normalized spacial score (nSPS) is 11.1. The lowest BCUT2D eigenvalue weighted by Crippen LogP contribution is -2.31. The summed E-state index contributed by atoms with van der Waals surface area (Å²) in [5, 5.41) is 3.04. The highest BCUT2D eigenvalue weighted by Gasteiger charge is 2.24. The van der Waals surface area contributed by atoms with E-state index in [4.69, 9.17) is 0 Å². The van der Waals surface area contributed by atoms with Gasteiger partial charge in [-0.15, -0.1) is 6.58 Å². The van der Waals surface area contributed by atoms with Crippen molar-refractivity contribution in [2.45, 2.75) is 31.6 Å². The van der Waals surface area contributed by atoms with Crippen molar-refractivity contribution in [1.82, 2.24) is 0 Å². The van der Waals surface area contributed by atoms with Crippen LogP contribution in [0.1, 0.15) is 35.3 Å². The van der Waals surface area contributed by atoms with Crippen LogP contribution in [0.4, 0.5) is 11.4 Å².